The van der Waals surface area contributed by atoms with Gasteiger partial charge in [0, 0.05) is 5.56 Å². The van der Waals surface area contributed by atoms with E-state index in [1.807, 2.05) is 0 Å². The summed E-state index contributed by atoms with van der Waals surface area (Å²) in [5.74, 6) is -1.70. The topological polar surface area (TPSA) is 113 Å². The van der Waals surface area contributed by atoms with Crippen molar-refractivity contribution in [3.05, 3.63) is 59.2 Å². The van der Waals surface area contributed by atoms with Crippen LogP contribution in [0.5, 0.6) is 11.5 Å². The summed E-state index contributed by atoms with van der Waals surface area (Å²) in [6, 6.07) is 10.0. The van der Waals surface area contributed by atoms with Crippen LogP contribution in [0.2, 0.25) is 0 Å². The number of carbonyl (C=O) groups is 3. The standard InChI is InChI=1S/C20H21NO6/c1-12(2)18(20(25)26)21-19(24)14-8-6-13(7-9-14)11-27-17-5-3-4-16(23)15(17)10-22/h3-10,12,18,23H,11H2,1-2H3,(H,21,24)(H,25,26)/t18-/m0/s1. The largest absolute Gasteiger partial charge is 0.507 e. The second kappa shape index (κ2) is 8.84. The highest BCUT2D eigenvalue weighted by molar-refractivity contribution is 5.96. The summed E-state index contributed by atoms with van der Waals surface area (Å²) in [5, 5.41) is 21.3. The number of phenols is 1. The van der Waals surface area contributed by atoms with E-state index >= 15 is 0 Å². The molecule has 1 amide bonds. The Labute approximate surface area is 156 Å². The molecule has 0 aliphatic carbocycles. The van der Waals surface area contributed by atoms with Gasteiger partial charge in [0.2, 0.25) is 0 Å². The molecule has 0 spiro atoms. The molecule has 0 fully saturated rings. The lowest BCUT2D eigenvalue weighted by atomic mass is 10.0. The fraction of sp³-hybridized carbons (Fsp3) is 0.250. The number of phenolic OH excluding ortho intramolecular Hbond substituents is 1. The van der Waals surface area contributed by atoms with Crippen LogP contribution in [-0.4, -0.2) is 34.4 Å². The molecule has 2 aromatic carbocycles. The maximum absolute atomic E-state index is 12.2. The number of nitrogens with one attached hydrogen (secondary N) is 1. The van der Waals surface area contributed by atoms with Crippen LogP contribution in [0.3, 0.4) is 0 Å². The van der Waals surface area contributed by atoms with Crippen molar-refractivity contribution in [1.29, 1.82) is 0 Å². The number of amides is 1. The summed E-state index contributed by atoms with van der Waals surface area (Å²) in [6.07, 6.45) is 0.520. The Balaban J connectivity index is 2.03. The van der Waals surface area contributed by atoms with Crippen LogP contribution < -0.4 is 10.1 Å². The van der Waals surface area contributed by atoms with Gasteiger partial charge in [-0.15, -0.1) is 0 Å². The van der Waals surface area contributed by atoms with Crippen molar-refractivity contribution in [3.63, 3.8) is 0 Å². The molecule has 0 aliphatic heterocycles. The number of hydrogen-bond acceptors (Lipinski definition) is 5. The van der Waals surface area contributed by atoms with E-state index in [1.165, 1.54) is 6.07 Å². The smallest absolute Gasteiger partial charge is 0.326 e. The number of rotatable bonds is 8. The lowest BCUT2D eigenvalue weighted by Crippen LogP contribution is -2.44. The number of carbonyl (C=O) groups excluding carboxylic acids is 2. The number of hydrogen-bond donors (Lipinski definition) is 3. The summed E-state index contributed by atoms with van der Waals surface area (Å²) in [7, 11) is 0. The Morgan fingerprint density at radius 3 is 2.37 bits per heavy atom. The average Bonchev–Trinajstić information content (AvgIpc) is 2.64. The van der Waals surface area contributed by atoms with E-state index in [2.05, 4.69) is 5.32 Å². The zero-order chi connectivity index (χ0) is 20.0. The van der Waals surface area contributed by atoms with Gasteiger partial charge in [-0.1, -0.05) is 32.0 Å². The minimum absolute atomic E-state index is 0.0712. The molecule has 0 saturated heterocycles. The molecule has 0 aromatic heterocycles. The molecule has 0 saturated carbocycles. The van der Waals surface area contributed by atoms with E-state index in [9.17, 15) is 19.5 Å². The Morgan fingerprint density at radius 2 is 1.81 bits per heavy atom. The zero-order valence-electron chi connectivity index (χ0n) is 15.0. The van der Waals surface area contributed by atoms with Crippen molar-refractivity contribution in [2.75, 3.05) is 0 Å². The van der Waals surface area contributed by atoms with Gasteiger partial charge in [-0.05, 0) is 35.7 Å². The molecule has 2 aromatic rings. The number of aromatic hydroxyl groups is 1. The minimum atomic E-state index is -1.08. The normalized spacial score (nSPS) is 11.7. The van der Waals surface area contributed by atoms with Gasteiger partial charge in [0.1, 0.15) is 24.1 Å². The highest BCUT2D eigenvalue weighted by Gasteiger charge is 2.23. The third-order valence-electron chi connectivity index (χ3n) is 3.99. The molecule has 0 radical (unpaired) electrons. The summed E-state index contributed by atoms with van der Waals surface area (Å²) in [5.41, 5.74) is 1.14. The molecule has 27 heavy (non-hydrogen) atoms. The van der Waals surface area contributed by atoms with Crippen LogP contribution in [0.1, 0.15) is 40.1 Å². The Kier molecular flexibility index (Phi) is 6.54. The highest BCUT2D eigenvalue weighted by atomic mass is 16.5. The van der Waals surface area contributed by atoms with Gasteiger partial charge in [0.25, 0.3) is 5.91 Å². The first-order valence-electron chi connectivity index (χ1n) is 8.36. The molecule has 7 heteroatoms. The van der Waals surface area contributed by atoms with Crippen LogP contribution in [0, 0.1) is 5.92 Å². The monoisotopic (exact) mass is 371 g/mol. The Bertz CT molecular complexity index is 829. The summed E-state index contributed by atoms with van der Waals surface area (Å²) in [6.45, 7) is 3.57. The maximum Gasteiger partial charge on any atom is 0.326 e. The SMILES string of the molecule is CC(C)[C@H](NC(=O)c1ccc(COc2cccc(O)c2C=O)cc1)C(=O)O. The number of ether oxygens (including phenoxy) is 1. The van der Waals surface area contributed by atoms with Gasteiger partial charge in [-0.3, -0.25) is 9.59 Å². The molecule has 0 heterocycles. The Hall–Kier alpha value is -3.35. The fourth-order valence-electron chi connectivity index (χ4n) is 2.43. The van der Waals surface area contributed by atoms with E-state index in [0.717, 1.165) is 5.56 Å². The molecule has 142 valence electrons. The number of aldehydes is 1. The van der Waals surface area contributed by atoms with Gasteiger partial charge >= 0.3 is 5.97 Å². The second-order valence-electron chi connectivity index (χ2n) is 6.33. The molecule has 3 N–H and O–H groups in total. The van der Waals surface area contributed by atoms with Crippen molar-refractivity contribution in [2.45, 2.75) is 26.5 Å². The van der Waals surface area contributed by atoms with Crippen molar-refractivity contribution in [1.82, 2.24) is 5.32 Å². The number of carboxylic acid groups (broad SMARTS) is 1. The highest BCUT2D eigenvalue weighted by Crippen LogP contribution is 2.26. The molecule has 1 atom stereocenters. The summed E-state index contributed by atoms with van der Waals surface area (Å²) in [4.78, 5) is 34.4. The zero-order valence-corrected chi connectivity index (χ0v) is 15.0. The van der Waals surface area contributed by atoms with Crippen molar-refractivity contribution in [2.24, 2.45) is 5.92 Å². The van der Waals surface area contributed by atoms with Crippen LogP contribution in [0.4, 0.5) is 0 Å². The van der Waals surface area contributed by atoms with Gasteiger partial charge in [-0.25, -0.2) is 4.79 Å². The minimum Gasteiger partial charge on any atom is -0.507 e. The molecule has 0 aliphatic rings. The Morgan fingerprint density at radius 1 is 1.15 bits per heavy atom. The second-order valence-corrected chi connectivity index (χ2v) is 6.33. The number of carboxylic acids is 1. The van der Waals surface area contributed by atoms with Gasteiger partial charge < -0.3 is 20.3 Å². The predicted molar refractivity (Wildman–Crippen MR) is 98.0 cm³/mol. The van der Waals surface area contributed by atoms with Gasteiger partial charge in [-0.2, -0.15) is 0 Å². The van der Waals surface area contributed by atoms with Crippen molar-refractivity contribution in [3.8, 4) is 11.5 Å². The van der Waals surface area contributed by atoms with Gasteiger partial charge in [0.05, 0.1) is 5.56 Å². The lowest BCUT2D eigenvalue weighted by Gasteiger charge is -2.18. The molecule has 0 unspecified atom stereocenters. The van der Waals surface area contributed by atoms with E-state index in [-0.39, 0.29) is 29.6 Å². The quantitative estimate of drug-likeness (QED) is 0.615. The molecular formula is C20H21NO6. The van der Waals surface area contributed by atoms with Gasteiger partial charge in [0.15, 0.2) is 6.29 Å². The van der Waals surface area contributed by atoms with E-state index in [4.69, 9.17) is 9.84 Å². The number of aliphatic carboxylic acids is 1. The first kappa shape index (κ1) is 20.0. The van der Waals surface area contributed by atoms with Crippen LogP contribution in [-0.2, 0) is 11.4 Å². The summed E-state index contributed by atoms with van der Waals surface area (Å²) >= 11 is 0. The third kappa shape index (κ3) is 5.07. The molecule has 2 rings (SSSR count). The number of benzene rings is 2. The first-order valence-corrected chi connectivity index (χ1v) is 8.36. The fourth-order valence-corrected chi connectivity index (χ4v) is 2.43. The first-order chi connectivity index (χ1) is 12.8. The lowest BCUT2D eigenvalue weighted by molar-refractivity contribution is -0.140. The van der Waals surface area contributed by atoms with Crippen molar-refractivity contribution < 1.29 is 29.3 Å². The maximum atomic E-state index is 12.2. The third-order valence-corrected chi connectivity index (χ3v) is 3.99. The van der Waals surface area contributed by atoms with Crippen LogP contribution >= 0.6 is 0 Å². The molecule has 7 nitrogen and oxygen atoms in total. The van der Waals surface area contributed by atoms with Crippen LogP contribution in [0.25, 0.3) is 0 Å². The molecular weight excluding hydrogens is 350 g/mol. The average molecular weight is 371 g/mol. The van der Waals surface area contributed by atoms with E-state index < -0.39 is 17.9 Å². The van der Waals surface area contributed by atoms with E-state index in [1.54, 1.807) is 50.2 Å². The van der Waals surface area contributed by atoms with E-state index in [0.29, 0.717) is 11.8 Å². The van der Waals surface area contributed by atoms with Crippen molar-refractivity contribution >= 4 is 18.2 Å². The van der Waals surface area contributed by atoms with Crippen LogP contribution in [0.15, 0.2) is 42.5 Å². The molecule has 0 bridgehead atoms. The predicted octanol–water partition coefficient (Wildman–Crippen LogP) is 2.62. The summed E-state index contributed by atoms with van der Waals surface area (Å²) < 4.78 is 5.55.